The van der Waals surface area contributed by atoms with Gasteiger partial charge >= 0.3 is 6.18 Å². The number of amides is 1. The lowest BCUT2D eigenvalue weighted by Gasteiger charge is -2.10. The lowest BCUT2D eigenvalue weighted by Crippen LogP contribution is -2.11. The molecule has 3 rings (SSSR count). The topological polar surface area (TPSA) is 68.3 Å². The fraction of sp³-hybridized carbons (Fsp3) is 0.125. The maximum absolute atomic E-state index is 13.0. The summed E-state index contributed by atoms with van der Waals surface area (Å²) < 4.78 is 49.2. The van der Waals surface area contributed by atoms with Gasteiger partial charge in [-0.3, -0.25) is 4.79 Å². The van der Waals surface area contributed by atoms with Gasteiger partial charge < -0.3 is 14.3 Å². The van der Waals surface area contributed by atoms with E-state index in [1.807, 2.05) is 0 Å². The van der Waals surface area contributed by atoms with E-state index in [1.165, 1.54) is 36.4 Å². The third-order valence-corrected chi connectivity index (χ3v) is 3.20. The molecule has 0 unspecified atom stereocenters. The molecule has 0 aliphatic rings. The number of aryl methyl sites for hydroxylation is 1. The van der Waals surface area contributed by atoms with Crippen molar-refractivity contribution in [3.8, 4) is 11.3 Å². The fourth-order valence-electron chi connectivity index (χ4n) is 2.15. The second-order valence-corrected chi connectivity index (χ2v) is 4.98. The van der Waals surface area contributed by atoms with Crippen molar-refractivity contribution >= 4 is 11.7 Å². The zero-order valence-corrected chi connectivity index (χ0v) is 12.3. The standard InChI is InChI=1S/C16H11F3N2O3/c1-9-8-14(21-24-9)20-15(22)13-7-6-12(23-13)10-4-2-3-5-11(10)16(17,18)19/h2-8H,1H3,(H,20,21,22). The van der Waals surface area contributed by atoms with Crippen molar-refractivity contribution in [2.24, 2.45) is 0 Å². The number of hydrogen-bond acceptors (Lipinski definition) is 4. The van der Waals surface area contributed by atoms with E-state index in [4.69, 9.17) is 8.94 Å². The van der Waals surface area contributed by atoms with Crippen molar-refractivity contribution in [2.45, 2.75) is 13.1 Å². The number of anilines is 1. The van der Waals surface area contributed by atoms with E-state index in [2.05, 4.69) is 10.5 Å². The van der Waals surface area contributed by atoms with Gasteiger partial charge in [0.25, 0.3) is 5.91 Å². The Hall–Kier alpha value is -3.03. The predicted molar refractivity (Wildman–Crippen MR) is 78.3 cm³/mol. The molecule has 8 heteroatoms. The van der Waals surface area contributed by atoms with Crippen LogP contribution in [0.15, 0.2) is 51.4 Å². The summed E-state index contributed by atoms with van der Waals surface area (Å²) in [7, 11) is 0. The van der Waals surface area contributed by atoms with Crippen molar-refractivity contribution in [1.29, 1.82) is 0 Å². The van der Waals surface area contributed by atoms with Crippen LogP contribution in [0.2, 0.25) is 0 Å². The molecule has 0 atom stereocenters. The zero-order chi connectivity index (χ0) is 17.3. The number of aromatic nitrogens is 1. The number of nitrogens with zero attached hydrogens (tertiary/aromatic N) is 1. The van der Waals surface area contributed by atoms with Crippen LogP contribution in [0.1, 0.15) is 21.9 Å². The van der Waals surface area contributed by atoms with Crippen LogP contribution < -0.4 is 5.32 Å². The Bertz CT molecular complexity index is 881. The lowest BCUT2D eigenvalue weighted by molar-refractivity contribution is -0.137. The van der Waals surface area contributed by atoms with Gasteiger partial charge in [-0.2, -0.15) is 13.2 Å². The molecule has 2 aromatic heterocycles. The van der Waals surface area contributed by atoms with Crippen molar-refractivity contribution in [3.63, 3.8) is 0 Å². The molecule has 0 saturated carbocycles. The number of furan rings is 1. The summed E-state index contributed by atoms with van der Waals surface area (Å²) in [5.74, 6) is -0.137. The van der Waals surface area contributed by atoms with Gasteiger partial charge in [-0.15, -0.1) is 0 Å². The van der Waals surface area contributed by atoms with E-state index in [0.29, 0.717) is 5.76 Å². The van der Waals surface area contributed by atoms with Gasteiger partial charge in [0.2, 0.25) is 0 Å². The molecular weight excluding hydrogens is 325 g/mol. The van der Waals surface area contributed by atoms with Gasteiger partial charge in [-0.1, -0.05) is 23.4 Å². The molecular formula is C16H11F3N2O3. The maximum Gasteiger partial charge on any atom is 0.417 e. The molecule has 0 aliphatic heterocycles. The number of carbonyl (C=O) groups is 1. The van der Waals surface area contributed by atoms with Gasteiger partial charge in [-0.25, -0.2) is 0 Å². The van der Waals surface area contributed by atoms with Gasteiger partial charge in [-0.05, 0) is 25.1 Å². The van der Waals surface area contributed by atoms with Crippen LogP contribution in [0.3, 0.4) is 0 Å². The molecule has 0 saturated heterocycles. The molecule has 5 nitrogen and oxygen atoms in total. The molecule has 1 N–H and O–H groups in total. The highest BCUT2D eigenvalue weighted by Gasteiger charge is 2.34. The Morgan fingerprint density at radius 3 is 2.58 bits per heavy atom. The summed E-state index contributed by atoms with van der Waals surface area (Å²) in [5, 5.41) is 6.02. The molecule has 1 aromatic carbocycles. The minimum Gasteiger partial charge on any atom is -0.451 e. The average molecular weight is 336 g/mol. The second-order valence-electron chi connectivity index (χ2n) is 4.98. The van der Waals surface area contributed by atoms with Crippen LogP contribution >= 0.6 is 0 Å². The van der Waals surface area contributed by atoms with Crippen LogP contribution in [-0.4, -0.2) is 11.1 Å². The molecule has 1 amide bonds. The number of hydrogen-bond donors (Lipinski definition) is 1. The van der Waals surface area contributed by atoms with E-state index in [1.54, 1.807) is 6.92 Å². The summed E-state index contributed by atoms with van der Waals surface area (Å²) in [6.45, 7) is 1.65. The minimum absolute atomic E-state index is 0.0515. The Morgan fingerprint density at radius 1 is 1.17 bits per heavy atom. The average Bonchev–Trinajstić information content (AvgIpc) is 3.16. The SMILES string of the molecule is Cc1cc(NC(=O)c2ccc(-c3ccccc3C(F)(F)F)o2)no1. The highest BCUT2D eigenvalue weighted by molar-refractivity contribution is 6.02. The van der Waals surface area contributed by atoms with E-state index in [-0.39, 0.29) is 22.9 Å². The first-order valence-electron chi connectivity index (χ1n) is 6.86. The zero-order valence-electron chi connectivity index (χ0n) is 12.3. The summed E-state index contributed by atoms with van der Waals surface area (Å²) in [6.07, 6.45) is -4.52. The number of benzene rings is 1. The van der Waals surface area contributed by atoms with E-state index in [9.17, 15) is 18.0 Å². The highest BCUT2D eigenvalue weighted by atomic mass is 19.4. The Morgan fingerprint density at radius 2 is 1.92 bits per heavy atom. The highest BCUT2D eigenvalue weighted by Crippen LogP contribution is 2.37. The van der Waals surface area contributed by atoms with Crippen molar-refractivity contribution in [1.82, 2.24) is 5.16 Å². The normalized spacial score (nSPS) is 11.5. The molecule has 2 heterocycles. The van der Waals surface area contributed by atoms with Crippen LogP contribution in [0.5, 0.6) is 0 Å². The minimum atomic E-state index is -4.52. The first kappa shape index (κ1) is 15.9. The third-order valence-electron chi connectivity index (χ3n) is 3.20. The van der Waals surface area contributed by atoms with Gasteiger partial charge in [0.05, 0.1) is 5.56 Å². The van der Waals surface area contributed by atoms with Crippen LogP contribution in [0.4, 0.5) is 19.0 Å². The number of rotatable bonds is 3. The van der Waals surface area contributed by atoms with Gasteiger partial charge in [0.1, 0.15) is 11.5 Å². The molecule has 0 fully saturated rings. The van der Waals surface area contributed by atoms with Crippen LogP contribution in [0.25, 0.3) is 11.3 Å². The number of nitrogens with one attached hydrogen (secondary N) is 1. The molecule has 24 heavy (non-hydrogen) atoms. The Kier molecular flexibility index (Phi) is 3.88. The van der Waals surface area contributed by atoms with E-state index in [0.717, 1.165) is 6.07 Å². The van der Waals surface area contributed by atoms with Crippen LogP contribution in [-0.2, 0) is 6.18 Å². The summed E-state index contributed by atoms with van der Waals surface area (Å²) in [5.41, 5.74) is -0.972. The maximum atomic E-state index is 13.0. The van der Waals surface area contributed by atoms with E-state index >= 15 is 0 Å². The lowest BCUT2D eigenvalue weighted by atomic mass is 10.1. The monoisotopic (exact) mass is 336 g/mol. The largest absolute Gasteiger partial charge is 0.451 e. The van der Waals surface area contributed by atoms with Gasteiger partial charge in [0.15, 0.2) is 11.6 Å². The number of alkyl halides is 3. The number of carbonyl (C=O) groups excluding carboxylic acids is 1. The Balaban J connectivity index is 1.87. The molecule has 3 aromatic rings. The van der Waals surface area contributed by atoms with Crippen molar-refractivity contribution < 1.29 is 26.9 Å². The number of halogens is 3. The smallest absolute Gasteiger partial charge is 0.417 e. The predicted octanol–water partition coefficient (Wildman–Crippen LogP) is 4.51. The van der Waals surface area contributed by atoms with E-state index < -0.39 is 17.6 Å². The first-order chi connectivity index (χ1) is 11.3. The van der Waals surface area contributed by atoms with Crippen molar-refractivity contribution in [3.05, 3.63) is 59.5 Å². The Labute approximate surface area is 134 Å². The molecule has 0 bridgehead atoms. The molecule has 0 spiro atoms. The molecule has 0 aliphatic carbocycles. The summed E-state index contributed by atoms with van der Waals surface area (Å²) in [6, 6.07) is 9.10. The fourth-order valence-corrected chi connectivity index (χ4v) is 2.15. The van der Waals surface area contributed by atoms with Gasteiger partial charge in [0, 0.05) is 11.6 Å². The first-order valence-corrected chi connectivity index (χ1v) is 6.86. The summed E-state index contributed by atoms with van der Waals surface area (Å²) in [4.78, 5) is 12.0. The molecule has 0 radical (unpaired) electrons. The second kappa shape index (κ2) is 5.88. The van der Waals surface area contributed by atoms with Crippen LogP contribution in [0, 0.1) is 6.92 Å². The van der Waals surface area contributed by atoms with Crippen molar-refractivity contribution in [2.75, 3.05) is 5.32 Å². The molecule has 124 valence electrons. The third kappa shape index (κ3) is 3.17. The summed E-state index contributed by atoms with van der Waals surface area (Å²) >= 11 is 0. The quantitative estimate of drug-likeness (QED) is 0.764.